The lowest BCUT2D eigenvalue weighted by atomic mass is 9.94. The Kier molecular flexibility index (Phi) is 6.19. The highest BCUT2D eigenvalue weighted by molar-refractivity contribution is 6.07. The van der Waals surface area contributed by atoms with E-state index in [0.717, 1.165) is 57.2 Å². The monoisotopic (exact) mass is 474 g/mol. The van der Waals surface area contributed by atoms with Crippen molar-refractivity contribution in [3.63, 3.8) is 0 Å². The maximum atomic E-state index is 13.3. The highest BCUT2D eigenvalue weighted by atomic mass is 16.7. The Morgan fingerprint density at radius 1 is 1.23 bits per heavy atom. The summed E-state index contributed by atoms with van der Waals surface area (Å²) in [5.41, 5.74) is 6.19. The Balaban J connectivity index is 1.66. The van der Waals surface area contributed by atoms with Crippen molar-refractivity contribution in [2.45, 2.75) is 32.9 Å². The van der Waals surface area contributed by atoms with Gasteiger partial charge in [0.25, 0.3) is 5.56 Å². The highest BCUT2D eigenvalue weighted by Crippen LogP contribution is 2.38. The van der Waals surface area contributed by atoms with Crippen LogP contribution in [0.15, 0.2) is 41.3 Å². The van der Waals surface area contributed by atoms with Crippen molar-refractivity contribution in [3.05, 3.63) is 69.1 Å². The lowest BCUT2D eigenvalue weighted by Gasteiger charge is -2.14. The lowest BCUT2D eigenvalue weighted by Crippen LogP contribution is -2.25. The van der Waals surface area contributed by atoms with E-state index in [4.69, 9.17) is 19.6 Å². The van der Waals surface area contributed by atoms with Crippen LogP contribution in [0.5, 0.6) is 0 Å². The number of benzene rings is 1. The number of aromatic nitrogens is 3. The number of rotatable bonds is 8. The second-order valence-corrected chi connectivity index (χ2v) is 8.59. The summed E-state index contributed by atoms with van der Waals surface area (Å²) < 4.78 is 12.0. The van der Waals surface area contributed by atoms with Gasteiger partial charge in [-0.25, -0.2) is 9.78 Å². The van der Waals surface area contributed by atoms with E-state index in [9.17, 15) is 9.59 Å². The Hall–Kier alpha value is -3.82. The van der Waals surface area contributed by atoms with E-state index in [1.807, 2.05) is 31.3 Å². The number of nitrogens with zero attached hydrogens (tertiary/aromatic N) is 3. The second-order valence-electron chi connectivity index (χ2n) is 8.59. The van der Waals surface area contributed by atoms with Gasteiger partial charge < -0.3 is 19.1 Å². The molecule has 1 aliphatic heterocycles. The summed E-state index contributed by atoms with van der Waals surface area (Å²) >= 11 is 0. The van der Waals surface area contributed by atoms with Gasteiger partial charge in [0, 0.05) is 29.1 Å². The summed E-state index contributed by atoms with van der Waals surface area (Å²) in [4.78, 5) is 33.8. The molecule has 0 bridgehead atoms. The van der Waals surface area contributed by atoms with Crippen LogP contribution in [-0.2, 0) is 29.0 Å². The summed E-state index contributed by atoms with van der Waals surface area (Å²) in [7, 11) is 1.84. The van der Waals surface area contributed by atoms with Crippen molar-refractivity contribution in [2.24, 2.45) is 0 Å². The van der Waals surface area contributed by atoms with Crippen molar-refractivity contribution in [2.75, 3.05) is 20.4 Å². The molecule has 1 aromatic carbocycles. The van der Waals surface area contributed by atoms with Crippen molar-refractivity contribution in [1.29, 1.82) is 0 Å². The number of pyridine rings is 3. The van der Waals surface area contributed by atoms with Crippen molar-refractivity contribution >= 4 is 28.0 Å². The van der Waals surface area contributed by atoms with E-state index in [2.05, 4.69) is 16.4 Å². The van der Waals surface area contributed by atoms with Crippen LogP contribution in [0.3, 0.4) is 0 Å². The van der Waals surface area contributed by atoms with Gasteiger partial charge in [0.05, 0.1) is 41.3 Å². The van der Waals surface area contributed by atoms with Crippen LogP contribution in [0.25, 0.3) is 33.2 Å². The molecule has 0 aliphatic carbocycles. The van der Waals surface area contributed by atoms with Gasteiger partial charge in [-0.1, -0.05) is 6.07 Å². The third kappa shape index (κ3) is 4.13. The van der Waals surface area contributed by atoms with Gasteiger partial charge in [-0.3, -0.25) is 15.1 Å². The average Bonchev–Trinajstić information content (AvgIpc) is 3.21. The average molecular weight is 475 g/mol. The number of carboxylic acid groups (broad SMARTS) is 1. The SMILES string of the molecule is CNCOCCCc1c2c(nc3ccc4ncccc4c13)-c1cc(C)c(COC(=O)O)c(=O)n1C2. The molecular weight excluding hydrogens is 448 g/mol. The smallest absolute Gasteiger partial charge is 0.450 e. The normalized spacial score (nSPS) is 12.2. The van der Waals surface area contributed by atoms with E-state index >= 15 is 0 Å². The van der Waals surface area contributed by atoms with E-state index < -0.39 is 6.16 Å². The molecule has 0 saturated carbocycles. The molecule has 5 rings (SSSR count). The summed E-state index contributed by atoms with van der Waals surface area (Å²) in [6.07, 6.45) is 1.94. The predicted molar refractivity (Wildman–Crippen MR) is 132 cm³/mol. The van der Waals surface area contributed by atoms with Gasteiger partial charge in [0.15, 0.2) is 0 Å². The van der Waals surface area contributed by atoms with E-state index in [0.29, 0.717) is 31.0 Å². The van der Waals surface area contributed by atoms with Crippen molar-refractivity contribution in [3.8, 4) is 11.4 Å². The molecule has 0 spiro atoms. The molecule has 9 nitrogen and oxygen atoms in total. The number of carbonyl (C=O) groups is 1. The van der Waals surface area contributed by atoms with Gasteiger partial charge >= 0.3 is 6.16 Å². The first-order valence-corrected chi connectivity index (χ1v) is 11.5. The van der Waals surface area contributed by atoms with Crippen LogP contribution >= 0.6 is 0 Å². The van der Waals surface area contributed by atoms with Gasteiger partial charge in [0.2, 0.25) is 0 Å². The molecule has 1 aliphatic rings. The zero-order valence-corrected chi connectivity index (χ0v) is 19.6. The van der Waals surface area contributed by atoms with E-state index in [1.165, 1.54) is 0 Å². The molecule has 0 fully saturated rings. The molecule has 2 N–H and O–H groups in total. The number of ether oxygens (including phenoxy) is 2. The third-order valence-corrected chi connectivity index (χ3v) is 6.43. The van der Waals surface area contributed by atoms with E-state index in [1.54, 1.807) is 17.7 Å². The molecule has 0 radical (unpaired) electrons. The molecule has 35 heavy (non-hydrogen) atoms. The van der Waals surface area contributed by atoms with E-state index in [-0.39, 0.29) is 12.2 Å². The molecular formula is C26H26N4O5. The van der Waals surface area contributed by atoms with Gasteiger partial charge in [-0.15, -0.1) is 0 Å². The minimum Gasteiger partial charge on any atom is -0.450 e. The van der Waals surface area contributed by atoms with Gasteiger partial charge in [-0.2, -0.15) is 0 Å². The summed E-state index contributed by atoms with van der Waals surface area (Å²) in [6.45, 7) is 2.98. The zero-order chi connectivity index (χ0) is 24.5. The van der Waals surface area contributed by atoms with Crippen LogP contribution in [0, 0.1) is 6.92 Å². The summed E-state index contributed by atoms with van der Waals surface area (Å²) in [5.74, 6) is 0. The number of hydrogen-bond acceptors (Lipinski definition) is 7. The summed E-state index contributed by atoms with van der Waals surface area (Å²) in [6, 6.07) is 9.83. The second kappa shape index (κ2) is 9.44. The molecule has 180 valence electrons. The zero-order valence-electron chi connectivity index (χ0n) is 19.6. The fraction of sp³-hybridized carbons (Fsp3) is 0.308. The Bertz CT molecular complexity index is 1510. The Labute approximate surface area is 201 Å². The highest BCUT2D eigenvalue weighted by Gasteiger charge is 2.28. The first-order valence-electron chi connectivity index (χ1n) is 11.5. The largest absolute Gasteiger partial charge is 0.506 e. The molecule has 0 saturated heterocycles. The number of nitrogens with one attached hydrogen (secondary N) is 1. The van der Waals surface area contributed by atoms with Crippen LogP contribution in [0.1, 0.15) is 28.7 Å². The Morgan fingerprint density at radius 2 is 2.06 bits per heavy atom. The lowest BCUT2D eigenvalue weighted by molar-refractivity contribution is 0.0848. The summed E-state index contributed by atoms with van der Waals surface area (Å²) in [5, 5.41) is 14.0. The van der Waals surface area contributed by atoms with Crippen LogP contribution in [-0.4, -0.2) is 46.2 Å². The number of fused-ring (bicyclic) bond motifs is 6. The van der Waals surface area contributed by atoms with Crippen LogP contribution in [0.4, 0.5) is 4.79 Å². The quantitative estimate of drug-likeness (QED) is 0.152. The van der Waals surface area contributed by atoms with Gasteiger partial charge in [-0.05, 0) is 62.2 Å². The Morgan fingerprint density at radius 3 is 2.86 bits per heavy atom. The number of aryl methyl sites for hydroxylation is 2. The molecule has 0 atom stereocenters. The molecule has 3 aromatic heterocycles. The van der Waals surface area contributed by atoms with Crippen molar-refractivity contribution < 1.29 is 19.4 Å². The maximum Gasteiger partial charge on any atom is 0.506 e. The fourth-order valence-electron chi connectivity index (χ4n) is 4.85. The standard InChI is InChI=1S/C26H26N4O5/c1-15-11-22-24-18(12-30(22)25(31)19(15)13-35-26(32)33)16(6-4-10-34-14-27-2)23-17-5-3-9-28-20(17)7-8-21(23)29-24/h3,5,7-9,11,27H,4,6,10,12-14H2,1-2H3,(H,32,33). The maximum absolute atomic E-state index is 13.3. The molecule has 0 amide bonds. The topological polar surface area (TPSA) is 116 Å². The minimum absolute atomic E-state index is 0.252. The molecule has 9 heteroatoms. The molecule has 4 heterocycles. The first-order chi connectivity index (χ1) is 17.0. The van der Waals surface area contributed by atoms with Gasteiger partial charge in [0.1, 0.15) is 6.61 Å². The minimum atomic E-state index is -1.41. The predicted octanol–water partition coefficient (Wildman–Crippen LogP) is 3.60. The first kappa shape index (κ1) is 22.9. The van der Waals surface area contributed by atoms with Crippen LogP contribution < -0.4 is 10.9 Å². The van der Waals surface area contributed by atoms with Crippen LogP contribution in [0.2, 0.25) is 0 Å². The molecule has 0 unspecified atom stereocenters. The third-order valence-electron chi connectivity index (χ3n) is 6.43. The fourth-order valence-corrected chi connectivity index (χ4v) is 4.85. The molecule has 4 aromatic rings. The van der Waals surface area contributed by atoms with Crippen molar-refractivity contribution in [1.82, 2.24) is 19.9 Å². The number of hydrogen-bond donors (Lipinski definition) is 2.